The van der Waals surface area contributed by atoms with Crippen LogP contribution in [0.4, 0.5) is 0 Å². The van der Waals surface area contributed by atoms with Crippen LogP contribution in [0, 0.1) is 0 Å². The number of hydrogen-bond acceptors (Lipinski definition) is 3. The summed E-state index contributed by atoms with van der Waals surface area (Å²) in [4.78, 5) is 23.1. The molecule has 2 aromatic rings. The molecule has 0 bridgehead atoms. The summed E-state index contributed by atoms with van der Waals surface area (Å²) in [6, 6.07) is 16.5. The predicted molar refractivity (Wildman–Crippen MR) is 101 cm³/mol. The molecule has 0 radical (unpaired) electrons. The van der Waals surface area contributed by atoms with Gasteiger partial charge in [0.15, 0.2) is 0 Å². The zero-order valence-electron chi connectivity index (χ0n) is 14.0. The Bertz CT molecular complexity index is 958. The van der Waals surface area contributed by atoms with Crippen molar-refractivity contribution in [1.82, 2.24) is 4.90 Å². The van der Waals surface area contributed by atoms with Gasteiger partial charge in [-0.25, -0.2) is 4.79 Å². The van der Waals surface area contributed by atoms with Gasteiger partial charge in [0.1, 0.15) is 17.7 Å². The predicted octanol–water partition coefficient (Wildman–Crippen LogP) is 3.82. The molecular formula is C21H17N3O2. The molecule has 128 valence electrons. The lowest BCUT2D eigenvalue weighted by molar-refractivity contribution is 0.0695. The number of aliphatic imine (C=N–C) groups is 2. The fraction of sp³-hybridized carbons (Fsp3) is 0.0952. The Hall–Kier alpha value is -3.47. The molecule has 0 amide bonds. The number of fused-ring (bicyclic) bond motifs is 1. The van der Waals surface area contributed by atoms with Gasteiger partial charge in [-0.15, -0.1) is 0 Å². The van der Waals surface area contributed by atoms with E-state index in [0.717, 1.165) is 17.2 Å². The van der Waals surface area contributed by atoms with Gasteiger partial charge in [0.05, 0.1) is 12.1 Å². The molecule has 2 heterocycles. The molecule has 4 rings (SSSR count). The molecule has 0 saturated heterocycles. The van der Waals surface area contributed by atoms with E-state index in [9.17, 15) is 9.90 Å². The van der Waals surface area contributed by atoms with Crippen LogP contribution in [0.25, 0.3) is 0 Å². The lowest BCUT2D eigenvalue weighted by Gasteiger charge is -2.20. The van der Waals surface area contributed by atoms with E-state index in [2.05, 4.69) is 0 Å². The highest BCUT2D eigenvalue weighted by Crippen LogP contribution is 2.32. The third-order valence-electron chi connectivity index (χ3n) is 4.34. The molecule has 0 saturated carbocycles. The minimum atomic E-state index is -0.959. The van der Waals surface area contributed by atoms with Crippen molar-refractivity contribution in [2.45, 2.75) is 12.6 Å². The smallest absolute Gasteiger partial charge is 0.336 e. The molecule has 5 nitrogen and oxygen atoms in total. The molecule has 1 atom stereocenters. The van der Waals surface area contributed by atoms with Gasteiger partial charge in [-0.1, -0.05) is 54.6 Å². The van der Waals surface area contributed by atoms with Gasteiger partial charge < -0.3 is 5.11 Å². The maximum atomic E-state index is 11.6. The monoisotopic (exact) mass is 343 g/mol. The van der Waals surface area contributed by atoms with Crippen LogP contribution in [0.3, 0.4) is 0 Å². The lowest BCUT2D eigenvalue weighted by atomic mass is 10.00. The van der Waals surface area contributed by atoms with E-state index < -0.39 is 12.0 Å². The number of carboxylic acid groups (broad SMARTS) is 1. The van der Waals surface area contributed by atoms with Crippen LogP contribution < -0.4 is 0 Å². The van der Waals surface area contributed by atoms with E-state index >= 15 is 0 Å². The molecule has 1 unspecified atom stereocenters. The van der Waals surface area contributed by atoms with Crippen molar-refractivity contribution in [3.8, 4) is 0 Å². The Balaban J connectivity index is 1.76. The summed E-state index contributed by atoms with van der Waals surface area (Å²) in [5.41, 5.74) is 1.99. The van der Waals surface area contributed by atoms with Crippen molar-refractivity contribution in [2.75, 3.05) is 0 Å². The number of carbonyl (C=O) groups is 1. The number of aromatic carboxylic acids is 1. The summed E-state index contributed by atoms with van der Waals surface area (Å²) in [6.45, 7) is 0.513. The number of amidine groups is 2. The second-order valence-corrected chi connectivity index (χ2v) is 6.01. The van der Waals surface area contributed by atoms with E-state index in [1.54, 1.807) is 12.1 Å². The van der Waals surface area contributed by atoms with Crippen molar-refractivity contribution < 1.29 is 9.90 Å². The van der Waals surface area contributed by atoms with Crippen LogP contribution in [0.2, 0.25) is 0 Å². The number of hydrogen-bond donors (Lipinski definition) is 1. The fourth-order valence-electron chi connectivity index (χ4n) is 3.11. The number of benzene rings is 2. The van der Waals surface area contributed by atoms with Gasteiger partial charge in [0.2, 0.25) is 0 Å². The minimum Gasteiger partial charge on any atom is -0.478 e. The second kappa shape index (κ2) is 6.80. The largest absolute Gasteiger partial charge is 0.478 e. The van der Waals surface area contributed by atoms with Crippen LogP contribution >= 0.6 is 0 Å². The molecule has 0 fully saturated rings. The fourth-order valence-corrected chi connectivity index (χ4v) is 3.11. The quantitative estimate of drug-likeness (QED) is 0.918. The maximum Gasteiger partial charge on any atom is 0.336 e. The van der Waals surface area contributed by atoms with Crippen molar-refractivity contribution in [1.29, 1.82) is 0 Å². The number of nitrogens with zero attached hydrogens (tertiary/aromatic N) is 3. The van der Waals surface area contributed by atoms with Crippen molar-refractivity contribution in [2.24, 2.45) is 9.98 Å². The molecule has 0 aliphatic carbocycles. The zero-order chi connectivity index (χ0) is 17.9. The first-order chi connectivity index (χ1) is 12.7. The Morgan fingerprint density at radius 3 is 2.65 bits per heavy atom. The van der Waals surface area contributed by atoms with Crippen molar-refractivity contribution in [3.05, 3.63) is 95.7 Å². The second-order valence-electron chi connectivity index (χ2n) is 6.01. The molecule has 26 heavy (non-hydrogen) atoms. The summed E-state index contributed by atoms with van der Waals surface area (Å²) in [5, 5.41) is 9.55. The van der Waals surface area contributed by atoms with Gasteiger partial charge in [0, 0.05) is 6.20 Å². The van der Waals surface area contributed by atoms with E-state index in [1.165, 1.54) is 0 Å². The third kappa shape index (κ3) is 2.95. The van der Waals surface area contributed by atoms with Gasteiger partial charge >= 0.3 is 5.97 Å². The van der Waals surface area contributed by atoms with E-state index in [4.69, 9.17) is 9.98 Å². The molecule has 0 aromatic heterocycles. The number of carboxylic acids is 1. The third-order valence-corrected chi connectivity index (χ3v) is 4.34. The van der Waals surface area contributed by atoms with Crippen LogP contribution in [0.5, 0.6) is 0 Å². The van der Waals surface area contributed by atoms with Crippen molar-refractivity contribution in [3.63, 3.8) is 0 Å². The van der Waals surface area contributed by atoms with E-state index in [0.29, 0.717) is 12.1 Å². The number of allylic oxidation sites excluding steroid dienone is 2. The van der Waals surface area contributed by atoms with Gasteiger partial charge in [-0.3, -0.25) is 14.9 Å². The first-order valence-corrected chi connectivity index (χ1v) is 8.36. The SMILES string of the molecule is O=C(O)c1ccccc1C1N=C2C=CC=CN2C1=NCc1ccccc1. The lowest BCUT2D eigenvalue weighted by Crippen LogP contribution is -2.29. The van der Waals surface area contributed by atoms with Crippen molar-refractivity contribution >= 4 is 17.6 Å². The van der Waals surface area contributed by atoms with Gasteiger partial charge in [-0.05, 0) is 29.3 Å². The summed E-state index contributed by atoms with van der Waals surface area (Å²) < 4.78 is 0. The standard InChI is InChI=1S/C21H17N3O2/c25-21(26)17-11-5-4-10-16(17)19-20(22-14-15-8-2-1-3-9-15)24-13-7-6-12-18(24)23-19/h1-13,19H,14H2,(H,25,26). The summed E-state index contributed by atoms with van der Waals surface area (Å²) in [6.07, 6.45) is 7.64. The summed E-state index contributed by atoms with van der Waals surface area (Å²) in [5.74, 6) is 0.543. The Kier molecular flexibility index (Phi) is 4.19. The molecule has 0 spiro atoms. The Labute approximate surface area is 151 Å². The van der Waals surface area contributed by atoms with Crippen LogP contribution in [-0.4, -0.2) is 27.6 Å². The number of rotatable bonds is 4. The minimum absolute atomic E-state index is 0.252. The molecule has 5 heteroatoms. The van der Waals surface area contributed by atoms with Gasteiger partial charge in [-0.2, -0.15) is 0 Å². The molecule has 1 N–H and O–H groups in total. The van der Waals surface area contributed by atoms with Crippen LogP contribution in [-0.2, 0) is 6.54 Å². The highest BCUT2D eigenvalue weighted by molar-refractivity contribution is 6.15. The molecule has 2 aliphatic heterocycles. The van der Waals surface area contributed by atoms with Crippen LogP contribution in [0.15, 0.2) is 89.0 Å². The Morgan fingerprint density at radius 2 is 1.85 bits per heavy atom. The van der Waals surface area contributed by atoms with E-state index in [1.807, 2.05) is 71.8 Å². The topological polar surface area (TPSA) is 65.3 Å². The first-order valence-electron chi connectivity index (χ1n) is 8.36. The summed E-state index contributed by atoms with van der Waals surface area (Å²) >= 11 is 0. The first kappa shape index (κ1) is 16.0. The highest BCUT2D eigenvalue weighted by atomic mass is 16.4. The van der Waals surface area contributed by atoms with Gasteiger partial charge in [0.25, 0.3) is 0 Å². The normalized spacial score (nSPS) is 19.5. The summed E-state index contributed by atoms with van der Waals surface area (Å²) in [7, 11) is 0. The average molecular weight is 343 g/mol. The maximum absolute atomic E-state index is 11.6. The molecular weight excluding hydrogens is 326 g/mol. The zero-order valence-corrected chi connectivity index (χ0v) is 14.0. The average Bonchev–Trinajstić information content (AvgIpc) is 3.05. The molecule has 2 aliphatic rings. The highest BCUT2D eigenvalue weighted by Gasteiger charge is 2.34. The Morgan fingerprint density at radius 1 is 1.08 bits per heavy atom. The molecule has 2 aromatic carbocycles. The van der Waals surface area contributed by atoms with E-state index in [-0.39, 0.29) is 5.56 Å². The van der Waals surface area contributed by atoms with Crippen LogP contribution in [0.1, 0.15) is 27.5 Å².